The lowest BCUT2D eigenvalue weighted by molar-refractivity contribution is 0.0994. The highest BCUT2D eigenvalue weighted by molar-refractivity contribution is 6.03. The smallest absolute Gasteiger partial charge is 0.292 e. The first-order chi connectivity index (χ1) is 11.5. The number of aryl methyl sites for hydroxylation is 2. The molecule has 0 bridgehead atoms. The number of aromatic nitrogens is 2. The number of amides is 1. The molecule has 3 rings (SSSR count). The molecule has 0 radical (unpaired) electrons. The van der Waals surface area contributed by atoms with Crippen LogP contribution in [0.1, 0.15) is 27.2 Å². The molecule has 1 N–H and O–H groups in total. The molecule has 5 nitrogen and oxygen atoms in total. The maximum Gasteiger partial charge on any atom is 0.292 e. The zero-order valence-electron chi connectivity index (χ0n) is 13.1. The van der Waals surface area contributed by atoms with Gasteiger partial charge in [-0.3, -0.25) is 4.79 Å². The van der Waals surface area contributed by atoms with Gasteiger partial charge in [0.1, 0.15) is 17.5 Å². The molecule has 7 heteroatoms. The van der Waals surface area contributed by atoms with Crippen molar-refractivity contribution in [1.29, 1.82) is 0 Å². The zero-order valence-corrected chi connectivity index (χ0v) is 13.1. The second kappa shape index (κ2) is 6.27. The normalized spacial score (nSPS) is 10.8. The van der Waals surface area contributed by atoms with Crippen molar-refractivity contribution in [3.05, 3.63) is 70.8 Å². The molecule has 0 aliphatic heterocycles. The van der Waals surface area contributed by atoms with Gasteiger partial charge >= 0.3 is 0 Å². The van der Waals surface area contributed by atoms with Crippen molar-refractivity contribution in [2.24, 2.45) is 0 Å². The Hall–Kier alpha value is -2.96. The number of hydrogen-bond acceptors (Lipinski definition) is 3. The number of furan rings is 1. The van der Waals surface area contributed by atoms with Crippen LogP contribution in [-0.2, 0) is 6.54 Å². The number of nitrogens with one attached hydrogen (secondary N) is 1. The number of carbonyl (C=O) groups is 1. The first-order valence-electron chi connectivity index (χ1n) is 7.27. The Bertz CT molecular complexity index is 899. The van der Waals surface area contributed by atoms with Crippen molar-refractivity contribution in [1.82, 2.24) is 9.78 Å². The molecular weight excluding hydrogens is 316 g/mol. The molecule has 0 aliphatic rings. The fourth-order valence-electron chi connectivity index (χ4n) is 2.36. The van der Waals surface area contributed by atoms with E-state index in [1.54, 1.807) is 26.1 Å². The van der Waals surface area contributed by atoms with Crippen LogP contribution in [0.3, 0.4) is 0 Å². The largest absolute Gasteiger partial charge is 0.459 e. The summed E-state index contributed by atoms with van der Waals surface area (Å²) < 4.78 is 33.7. The quantitative estimate of drug-likeness (QED) is 0.793. The van der Waals surface area contributed by atoms with E-state index in [1.807, 2.05) is 0 Å². The third-order valence-electron chi connectivity index (χ3n) is 3.65. The predicted octanol–water partition coefficient (Wildman–Crippen LogP) is 3.67. The van der Waals surface area contributed by atoms with Crippen LogP contribution >= 0.6 is 0 Å². The number of hydrogen-bond donors (Lipinski definition) is 1. The van der Waals surface area contributed by atoms with Crippen LogP contribution in [0.5, 0.6) is 0 Å². The number of rotatable bonds is 4. The van der Waals surface area contributed by atoms with E-state index in [4.69, 9.17) is 4.42 Å². The van der Waals surface area contributed by atoms with Crippen molar-refractivity contribution < 1.29 is 18.0 Å². The Balaban J connectivity index is 1.88. The first kappa shape index (κ1) is 15.9. The number of anilines is 1. The van der Waals surface area contributed by atoms with Gasteiger partial charge in [-0.1, -0.05) is 0 Å². The SMILES string of the molecule is Cc1ccoc1C(=O)Nc1c(C)cnn1Cc1cc(F)ccc1F. The Labute approximate surface area is 136 Å². The number of benzene rings is 1. The Morgan fingerprint density at radius 1 is 1.25 bits per heavy atom. The van der Waals surface area contributed by atoms with Crippen LogP contribution in [0.25, 0.3) is 0 Å². The van der Waals surface area contributed by atoms with Gasteiger partial charge in [0, 0.05) is 16.7 Å². The fourth-order valence-corrected chi connectivity index (χ4v) is 2.36. The highest BCUT2D eigenvalue weighted by Gasteiger charge is 2.17. The fraction of sp³-hybridized carbons (Fsp3) is 0.176. The predicted molar refractivity (Wildman–Crippen MR) is 83.8 cm³/mol. The summed E-state index contributed by atoms with van der Waals surface area (Å²) in [5, 5.41) is 6.83. The third-order valence-corrected chi connectivity index (χ3v) is 3.65. The van der Waals surface area contributed by atoms with E-state index in [0.29, 0.717) is 16.9 Å². The summed E-state index contributed by atoms with van der Waals surface area (Å²) in [6.07, 6.45) is 2.97. The molecular formula is C17H15F2N3O2. The Morgan fingerprint density at radius 2 is 2.04 bits per heavy atom. The van der Waals surface area contributed by atoms with E-state index in [1.165, 1.54) is 10.9 Å². The monoisotopic (exact) mass is 331 g/mol. The zero-order chi connectivity index (χ0) is 17.3. The lowest BCUT2D eigenvalue weighted by atomic mass is 10.2. The van der Waals surface area contributed by atoms with Gasteiger partial charge in [0.15, 0.2) is 5.76 Å². The molecule has 0 atom stereocenters. The van der Waals surface area contributed by atoms with E-state index in [-0.39, 0.29) is 17.9 Å². The minimum Gasteiger partial charge on any atom is -0.459 e. The summed E-state index contributed by atoms with van der Waals surface area (Å²) in [4.78, 5) is 12.3. The number of nitrogens with zero attached hydrogens (tertiary/aromatic N) is 2. The maximum absolute atomic E-state index is 13.8. The van der Waals surface area contributed by atoms with Gasteiger partial charge in [0.25, 0.3) is 5.91 Å². The molecule has 3 aromatic rings. The molecule has 0 spiro atoms. The summed E-state index contributed by atoms with van der Waals surface area (Å²) in [6, 6.07) is 4.90. The van der Waals surface area contributed by atoms with Crippen molar-refractivity contribution >= 4 is 11.7 Å². The molecule has 0 unspecified atom stereocenters. The topological polar surface area (TPSA) is 60.1 Å². The van der Waals surface area contributed by atoms with Crippen LogP contribution in [0.2, 0.25) is 0 Å². The van der Waals surface area contributed by atoms with Crippen molar-refractivity contribution in [3.8, 4) is 0 Å². The molecule has 0 saturated heterocycles. The highest BCUT2D eigenvalue weighted by atomic mass is 19.1. The van der Waals surface area contributed by atoms with Crippen LogP contribution in [-0.4, -0.2) is 15.7 Å². The van der Waals surface area contributed by atoms with Gasteiger partial charge in [-0.15, -0.1) is 0 Å². The Kier molecular flexibility index (Phi) is 4.16. The summed E-state index contributed by atoms with van der Waals surface area (Å²) in [5.74, 6) is -0.906. The van der Waals surface area contributed by atoms with Gasteiger partial charge in [-0.25, -0.2) is 13.5 Å². The number of carbonyl (C=O) groups excluding carboxylic acids is 1. The van der Waals surface area contributed by atoms with Gasteiger partial charge in [0.05, 0.1) is 19.0 Å². The lowest BCUT2D eigenvalue weighted by Gasteiger charge is -2.10. The van der Waals surface area contributed by atoms with Gasteiger partial charge in [-0.05, 0) is 38.1 Å². The van der Waals surface area contributed by atoms with Crippen molar-refractivity contribution in [2.75, 3.05) is 5.32 Å². The van der Waals surface area contributed by atoms with Crippen molar-refractivity contribution in [2.45, 2.75) is 20.4 Å². The first-order valence-corrected chi connectivity index (χ1v) is 7.27. The standard InChI is InChI=1S/C17H15F2N3O2/c1-10-5-6-24-15(10)17(23)21-16-11(2)8-20-22(16)9-12-7-13(18)3-4-14(12)19/h3-8H,9H2,1-2H3,(H,21,23). The molecule has 2 heterocycles. The van der Waals surface area contributed by atoms with Crippen LogP contribution in [0.15, 0.2) is 41.1 Å². The third kappa shape index (κ3) is 3.05. The van der Waals surface area contributed by atoms with E-state index >= 15 is 0 Å². The minimum atomic E-state index is -0.538. The molecule has 1 aromatic carbocycles. The molecule has 0 saturated carbocycles. The lowest BCUT2D eigenvalue weighted by Crippen LogP contribution is -2.17. The molecule has 0 fully saturated rings. The van der Waals surface area contributed by atoms with Gasteiger partial charge in [-0.2, -0.15) is 5.10 Å². The Morgan fingerprint density at radius 3 is 2.75 bits per heavy atom. The molecule has 0 aliphatic carbocycles. The summed E-state index contributed by atoms with van der Waals surface area (Å²) in [6.45, 7) is 3.50. The second-order valence-corrected chi connectivity index (χ2v) is 5.46. The van der Waals surface area contributed by atoms with E-state index in [0.717, 1.165) is 18.2 Å². The van der Waals surface area contributed by atoms with E-state index in [2.05, 4.69) is 10.4 Å². The summed E-state index contributed by atoms with van der Waals surface area (Å²) in [7, 11) is 0. The van der Waals surface area contributed by atoms with Crippen LogP contribution < -0.4 is 5.32 Å². The van der Waals surface area contributed by atoms with Gasteiger partial charge < -0.3 is 9.73 Å². The van der Waals surface area contributed by atoms with E-state index < -0.39 is 17.5 Å². The average Bonchev–Trinajstić information content (AvgIpc) is 3.11. The van der Waals surface area contributed by atoms with Crippen molar-refractivity contribution in [3.63, 3.8) is 0 Å². The number of halogens is 2. The second-order valence-electron chi connectivity index (χ2n) is 5.46. The summed E-state index contributed by atoms with van der Waals surface area (Å²) >= 11 is 0. The minimum absolute atomic E-state index is 0.00974. The van der Waals surface area contributed by atoms with Crippen LogP contribution in [0.4, 0.5) is 14.6 Å². The average molecular weight is 331 g/mol. The molecule has 1 amide bonds. The van der Waals surface area contributed by atoms with Crippen LogP contribution in [0, 0.1) is 25.5 Å². The van der Waals surface area contributed by atoms with E-state index in [9.17, 15) is 13.6 Å². The maximum atomic E-state index is 13.8. The molecule has 2 aromatic heterocycles. The molecule has 24 heavy (non-hydrogen) atoms. The highest BCUT2D eigenvalue weighted by Crippen LogP contribution is 2.20. The van der Waals surface area contributed by atoms with Gasteiger partial charge in [0.2, 0.25) is 0 Å². The molecule has 124 valence electrons. The summed E-state index contributed by atoms with van der Waals surface area (Å²) in [5.41, 5.74) is 1.54.